The van der Waals surface area contributed by atoms with Crippen molar-refractivity contribution in [2.75, 3.05) is 6.61 Å². The molecule has 0 aliphatic carbocycles. The van der Waals surface area contributed by atoms with Gasteiger partial charge in [0, 0.05) is 6.54 Å². The zero-order valence-electron chi connectivity index (χ0n) is 12.6. The molecule has 0 spiro atoms. The van der Waals surface area contributed by atoms with Gasteiger partial charge in [-0.05, 0) is 36.6 Å². The summed E-state index contributed by atoms with van der Waals surface area (Å²) in [5.74, 6) is 0.856. The molecule has 0 fully saturated rings. The monoisotopic (exact) mass is 283 g/mol. The van der Waals surface area contributed by atoms with Gasteiger partial charge in [-0.25, -0.2) is 0 Å². The normalized spacial score (nSPS) is 10.2. The van der Waals surface area contributed by atoms with Crippen LogP contribution in [0.25, 0.3) is 0 Å². The maximum absolute atomic E-state index is 11.8. The first-order chi connectivity index (χ1) is 10.2. The van der Waals surface area contributed by atoms with Gasteiger partial charge >= 0.3 is 0 Å². The van der Waals surface area contributed by atoms with E-state index in [-0.39, 0.29) is 5.91 Å². The lowest BCUT2D eigenvalue weighted by molar-refractivity contribution is -0.121. The summed E-state index contributed by atoms with van der Waals surface area (Å²) >= 11 is 0. The summed E-state index contributed by atoms with van der Waals surface area (Å²) in [7, 11) is 0. The molecule has 0 bridgehead atoms. The maximum Gasteiger partial charge on any atom is 0.223 e. The van der Waals surface area contributed by atoms with Crippen LogP contribution in [0.2, 0.25) is 0 Å². The summed E-state index contributed by atoms with van der Waals surface area (Å²) in [4.78, 5) is 11.8. The van der Waals surface area contributed by atoms with Crippen LogP contribution < -0.4 is 10.1 Å². The molecule has 0 aliphatic rings. The van der Waals surface area contributed by atoms with Crippen LogP contribution >= 0.6 is 0 Å². The van der Waals surface area contributed by atoms with Crippen LogP contribution in [0.3, 0.4) is 0 Å². The van der Waals surface area contributed by atoms with Gasteiger partial charge < -0.3 is 10.1 Å². The van der Waals surface area contributed by atoms with Gasteiger partial charge in [0.25, 0.3) is 0 Å². The van der Waals surface area contributed by atoms with Crippen LogP contribution in [0, 0.1) is 13.8 Å². The summed E-state index contributed by atoms with van der Waals surface area (Å²) in [6.07, 6.45) is 0.361. The Labute approximate surface area is 126 Å². The van der Waals surface area contributed by atoms with Crippen molar-refractivity contribution in [3.63, 3.8) is 0 Å². The average Bonchev–Trinajstić information content (AvgIpc) is 2.50. The maximum atomic E-state index is 11.8. The molecule has 0 saturated heterocycles. The molecule has 1 N–H and O–H groups in total. The Kier molecular flexibility index (Phi) is 5.38. The molecule has 0 aliphatic heterocycles. The molecule has 0 radical (unpaired) electrons. The van der Waals surface area contributed by atoms with Gasteiger partial charge in [0.1, 0.15) is 5.75 Å². The Hall–Kier alpha value is -2.29. The molecular weight excluding hydrogens is 262 g/mol. The lowest BCUT2D eigenvalue weighted by Crippen LogP contribution is -2.24. The second kappa shape index (κ2) is 7.48. The largest absolute Gasteiger partial charge is 0.493 e. The van der Waals surface area contributed by atoms with Crippen molar-refractivity contribution in [1.29, 1.82) is 0 Å². The average molecular weight is 283 g/mol. The van der Waals surface area contributed by atoms with Gasteiger partial charge in [-0.2, -0.15) is 0 Å². The van der Waals surface area contributed by atoms with Gasteiger partial charge in [0.2, 0.25) is 5.91 Å². The van der Waals surface area contributed by atoms with Crippen LogP contribution in [0.4, 0.5) is 0 Å². The highest BCUT2D eigenvalue weighted by atomic mass is 16.5. The SMILES string of the molecule is Cc1cccc(OCCC(=O)NCc2ccccc2)c1C. The first kappa shape index (κ1) is 15.1. The van der Waals surface area contributed by atoms with Gasteiger partial charge in [-0.1, -0.05) is 42.5 Å². The predicted molar refractivity (Wildman–Crippen MR) is 84.3 cm³/mol. The number of aryl methyl sites for hydroxylation is 1. The van der Waals surface area contributed by atoms with Crippen molar-refractivity contribution in [3.8, 4) is 5.75 Å². The van der Waals surface area contributed by atoms with Crippen molar-refractivity contribution >= 4 is 5.91 Å². The quantitative estimate of drug-likeness (QED) is 0.882. The van der Waals surface area contributed by atoms with Gasteiger partial charge in [-0.3, -0.25) is 4.79 Å². The van der Waals surface area contributed by atoms with E-state index in [0.717, 1.165) is 16.9 Å². The molecule has 2 aromatic rings. The number of ether oxygens (including phenoxy) is 1. The van der Waals surface area contributed by atoms with Crippen LogP contribution in [0.1, 0.15) is 23.1 Å². The summed E-state index contributed by atoms with van der Waals surface area (Å²) in [5.41, 5.74) is 3.42. The second-order valence-corrected chi connectivity index (χ2v) is 5.06. The molecule has 2 aromatic carbocycles. The van der Waals surface area contributed by atoms with Crippen LogP contribution in [-0.2, 0) is 11.3 Å². The fraction of sp³-hybridized carbons (Fsp3) is 0.278. The first-order valence-electron chi connectivity index (χ1n) is 7.16. The van der Waals surface area contributed by atoms with E-state index in [1.54, 1.807) is 0 Å². The molecular formula is C18H21NO2. The minimum atomic E-state index is 0.00385. The van der Waals surface area contributed by atoms with Crippen molar-refractivity contribution in [2.45, 2.75) is 26.8 Å². The lowest BCUT2D eigenvalue weighted by Gasteiger charge is -2.11. The fourth-order valence-corrected chi connectivity index (χ4v) is 2.02. The van der Waals surface area contributed by atoms with Crippen LogP contribution in [-0.4, -0.2) is 12.5 Å². The van der Waals surface area contributed by atoms with Gasteiger partial charge in [0.15, 0.2) is 0 Å². The summed E-state index contributed by atoms with van der Waals surface area (Å²) < 4.78 is 5.68. The van der Waals surface area contributed by atoms with E-state index in [9.17, 15) is 4.79 Å². The Balaban J connectivity index is 1.73. The number of nitrogens with one attached hydrogen (secondary N) is 1. The number of hydrogen-bond acceptors (Lipinski definition) is 2. The number of rotatable bonds is 6. The molecule has 0 unspecified atom stereocenters. The van der Waals surface area contributed by atoms with E-state index in [0.29, 0.717) is 19.6 Å². The zero-order valence-corrected chi connectivity index (χ0v) is 12.6. The van der Waals surface area contributed by atoms with Crippen LogP contribution in [0.5, 0.6) is 5.75 Å². The molecule has 0 aromatic heterocycles. The Morgan fingerprint density at radius 2 is 1.81 bits per heavy atom. The summed E-state index contributed by atoms with van der Waals surface area (Å²) in [5, 5.41) is 2.89. The predicted octanol–water partition coefficient (Wildman–Crippen LogP) is 3.39. The van der Waals surface area contributed by atoms with E-state index >= 15 is 0 Å². The van der Waals surface area contributed by atoms with Crippen molar-refractivity contribution in [1.82, 2.24) is 5.32 Å². The molecule has 0 saturated carbocycles. The second-order valence-electron chi connectivity index (χ2n) is 5.06. The van der Waals surface area contributed by atoms with Gasteiger partial charge in [-0.15, -0.1) is 0 Å². The first-order valence-corrected chi connectivity index (χ1v) is 7.16. The van der Waals surface area contributed by atoms with E-state index in [1.807, 2.05) is 49.4 Å². The smallest absolute Gasteiger partial charge is 0.223 e. The lowest BCUT2D eigenvalue weighted by atomic mass is 10.1. The highest BCUT2D eigenvalue weighted by Crippen LogP contribution is 2.20. The molecule has 0 heterocycles. The van der Waals surface area contributed by atoms with Crippen molar-refractivity contribution in [3.05, 3.63) is 65.2 Å². The molecule has 1 amide bonds. The Morgan fingerprint density at radius 3 is 2.57 bits per heavy atom. The minimum Gasteiger partial charge on any atom is -0.493 e. The molecule has 3 heteroatoms. The minimum absolute atomic E-state index is 0.00385. The number of carbonyl (C=O) groups excluding carboxylic acids is 1. The third-order valence-electron chi connectivity index (χ3n) is 3.47. The highest BCUT2D eigenvalue weighted by molar-refractivity contribution is 5.76. The van der Waals surface area contributed by atoms with E-state index in [4.69, 9.17) is 4.74 Å². The number of hydrogen-bond donors (Lipinski definition) is 1. The Morgan fingerprint density at radius 1 is 1.05 bits per heavy atom. The molecule has 2 rings (SSSR count). The van der Waals surface area contributed by atoms with Gasteiger partial charge in [0.05, 0.1) is 13.0 Å². The summed E-state index contributed by atoms with van der Waals surface area (Å²) in [6, 6.07) is 15.8. The molecule has 21 heavy (non-hydrogen) atoms. The zero-order chi connectivity index (χ0) is 15.1. The number of benzene rings is 2. The molecule has 0 atom stereocenters. The topological polar surface area (TPSA) is 38.3 Å². The third-order valence-corrected chi connectivity index (χ3v) is 3.47. The fourth-order valence-electron chi connectivity index (χ4n) is 2.02. The Bertz CT molecular complexity index is 593. The van der Waals surface area contributed by atoms with Crippen LogP contribution in [0.15, 0.2) is 48.5 Å². The number of amides is 1. The third kappa shape index (κ3) is 4.63. The standard InChI is InChI=1S/C18H21NO2/c1-14-7-6-10-17(15(14)2)21-12-11-18(20)19-13-16-8-4-3-5-9-16/h3-10H,11-13H2,1-2H3,(H,19,20). The van der Waals surface area contributed by atoms with E-state index in [2.05, 4.69) is 18.3 Å². The van der Waals surface area contributed by atoms with Crippen molar-refractivity contribution < 1.29 is 9.53 Å². The summed E-state index contributed by atoms with van der Waals surface area (Å²) in [6.45, 7) is 5.03. The molecule has 3 nitrogen and oxygen atoms in total. The van der Waals surface area contributed by atoms with E-state index in [1.165, 1.54) is 5.56 Å². The number of carbonyl (C=O) groups is 1. The molecule has 110 valence electrons. The highest BCUT2D eigenvalue weighted by Gasteiger charge is 2.04. The van der Waals surface area contributed by atoms with Crippen molar-refractivity contribution in [2.24, 2.45) is 0 Å². The van der Waals surface area contributed by atoms with E-state index < -0.39 is 0 Å².